The van der Waals surface area contributed by atoms with Gasteiger partial charge in [-0.05, 0) is 36.4 Å². The van der Waals surface area contributed by atoms with E-state index in [0.29, 0.717) is 5.69 Å². The molecule has 0 heterocycles. The van der Waals surface area contributed by atoms with E-state index >= 15 is 0 Å². The molecule has 0 saturated heterocycles. The van der Waals surface area contributed by atoms with E-state index < -0.39 is 20.9 Å². The van der Waals surface area contributed by atoms with Crippen LogP contribution in [0, 0.1) is 21.4 Å². The van der Waals surface area contributed by atoms with Gasteiger partial charge in [0.25, 0.3) is 21.7 Å². The lowest BCUT2D eigenvalue weighted by molar-refractivity contribution is -0.384. The van der Waals surface area contributed by atoms with Gasteiger partial charge in [0.2, 0.25) is 0 Å². The minimum atomic E-state index is -4.31. The molecule has 10 nitrogen and oxygen atoms in total. The van der Waals surface area contributed by atoms with Gasteiger partial charge >= 0.3 is 0 Å². The fourth-order valence-corrected chi connectivity index (χ4v) is 2.37. The summed E-state index contributed by atoms with van der Waals surface area (Å²) in [7, 11) is -4.31. The molecule has 0 spiro atoms. The van der Waals surface area contributed by atoms with Gasteiger partial charge in [-0.25, -0.2) is 0 Å². The summed E-state index contributed by atoms with van der Waals surface area (Å²) in [6.45, 7) is 0. The number of non-ortho nitro benzene ring substituents is 1. The molecule has 11 heteroatoms. The number of carbonyl (C=O) groups excluding carboxylic acids is 1. The third-order valence-corrected chi connectivity index (χ3v) is 4.10. The Hall–Kier alpha value is -3.75. The number of nitro groups is 1. The lowest BCUT2D eigenvalue weighted by Crippen LogP contribution is -2.14. The summed E-state index contributed by atoms with van der Waals surface area (Å²) < 4.78 is 30.8. The number of nitrogens with zero attached hydrogens (tertiary/aromatic N) is 2. The van der Waals surface area contributed by atoms with Crippen LogP contribution in [0.1, 0.15) is 0 Å². The molecule has 0 aromatic heterocycles. The zero-order valence-corrected chi connectivity index (χ0v) is 14.3. The second-order valence-electron chi connectivity index (χ2n) is 5.07. The largest absolute Gasteiger partial charge is 0.360 e. The first-order chi connectivity index (χ1) is 12.7. The molecule has 3 N–H and O–H groups in total. The molecule has 0 aliphatic heterocycles. The Labute approximate surface area is 153 Å². The SMILES string of the molecule is N#C/C(=C/Nc1ccc(S(=O)(=O)O)cc1)C(=O)Nc1ccc([N+](=O)[O-])cc1. The normalized spacial score (nSPS) is 11.3. The van der Waals surface area contributed by atoms with Crippen molar-refractivity contribution in [3.8, 4) is 6.07 Å². The third-order valence-electron chi connectivity index (χ3n) is 3.24. The molecular formula is C16H12N4O6S. The van der Waals surface area contributed by atoms with Crippen LogP contribution >= 0.6 is 0 Å². The molecule has 2 aromatic rings. The van der Waals surface area contributed by atoms with Crippen molar-refractivity contribution in [1.82, 2.24) is 0 Å². The highest BCUT2D eigenvalue weighted by atomic mass is 32.2. The Balaban J connectivity index is 2.07. The average molecular weight is 388 g/mol. The lowest BCUT2D eigenvalue weighted by Gasteiger charge is -2.05. The van der Waals surface area contributed by atoms with E-state index in [1.54, 1.807) is 6.07 Å². The molecule has 0 unspecified atom stereocenters. The van der Waals surface area contributed by atoms with E-state index in [0.717, 1.165) is 18.3 Å². The molecule has 0 fully saturated rings. The quantitative estimate of drug-likeness (QED) is 0.223. The van der Waals surface area contributed by atoms with Gasteiger partial charge in [-0.3, -0.25) is 19.5 Å². The third kappa shape index (κ3) is 5.36. The van der Waals surface area contributed by atoms with Crippen molar-refractivity contribution in [2.45, 2.75) is 4.90 Å². The first-order valence-electron chi connectivity index (χ1n) is 7.21. The van der Waals surface area contributed by atoms with Crippen molar-refractivity contribution in [1.29, 1.82) is 5.26 Å². The Bertz CT molecular complexity index is 1040. The topological polar surface area (TPSA) is 162 Å². The van der Waals surface area contributed by atoms with Gasteiger partial charge in [0.1, 0.15) is 11.6 Å². The van der Waals surface area contributed by atoms with Gasteiger partial charge < -0.3 is 10.6 Å². The Morgan fingerprint density at radius 3 is 2.15 bits per heavy atom. The number of nitriles is 1. The molecule has 1 amide bonds. The number of hydrogen-bond acceptors (Lipinski definition) is 7. The Morgan fingerprint density at radius 2 is 1.67 bits per heavy atom. The molecule has 27 heavy (non-hydrogen) atoms. The van der Waals surface area contributed by atoms with Gasteiger partial charge in [0.15, 0.2) is 0 Å². The van der Waals surface area contributed by atoms with Gasteiger partial charge in [0, 0.05) is 29.7 Å². The molecule has 0 aliphatic carbocycles. The molecule has 2 aromatic carbocycles. The van der Waals surface area contributed by atoms with E-state index in [4.69, 9.17) is 9.81 Å². The molecule has 0 saturated carbocycles. The van der Waals surface area contributed by atoms with E-state index in [2.05, 4.69) is 10.6 Å². The van der Waals surface area contributed by atoms with E-state index in [1.165, 1.54) is 36.4 Å². The van der Waals surface area contributed by atoms with Crippen LogP contribution in [0.2, 0.25) is 0 Å². The number of rotatable bonds is 6. The van der Waals surface area contributed by atoms with Crippen LogP contribution in [0.25, 0.3) is 0 Å². The second-order valence-corrected chi connectivity index (χ2v) is 6.49. The maximum Gasteiger partial charge on any atom is 0.294 e. The van der Waals surface area contributed by atoms with Crippen molar-refractivity contribution in [3.63, 3.8) is 0 Å². The van der Waals surface area contributed by atoms with Crippen LogP contribution in [-0.4, -0.2) is 23.8 Å². The molecule has 0 aliphatic rings. The Morgan fingerprint density at radius 1 is 1.11 bits per heavy atom. The zero-order chi connectivity index (χ0) is 20.0. The van der Waals surface area contributed by atoms with Gasteiger partial charge in [-0.15, -0.1) is 0 Å². The van der Waals surface area contributed by atoms with Crippen LogP contribution in [0.3, 0.4) is 0 Å². The summed E-state index contributed by atoms with van der Waals surface area (Å²) >= 11 is 0. The van der Waals surface area contributed by atoms with Gasteiger partial charge in [-0.2, -0.15) is 13.7 Å². The molecule has 0 bridgehead atoms. The number of amides is 1. The van der Waals surface area contributed by atoms with Crippen LogP contribution in [0.15, 0.2) is 65.2 Å². The zero-order valence-electron chi connectivity index (χ0n) is 13.5. The van der Waals surface area contributed by atoms with Crippen LogP contribution in [0.4, 0.5) is 17.1 Å². The standard InChI is InChI=1S/C16H12N4O6S/c17-9-11(10-18-12-3-7-15(8-4-12)27(24,25)26)16(21)19-13-1-5-14(6-2-13)20(22)23/h1-8,10,18H,(H,19,21)(H,24,25,26)/b11-10-. The second kappa shape index (κ2) is 8.09. The molecule has 138 valence electrons. The highest BCUT2D eigenvalue weighted by Gasteiger charge is 2.11. The highest BCUT2D eigenvalue weighted by molar-refractivity contribution is 7.85. The van der Waals surface area contributed by atoms with Crippen molar-refractivity contribution >= 4 is 33.1 Å². The highest BCUT2D eigenvalue weighted by Crippen LogP contribution is 2.17. The monoisotopic (exact) mass is 388 g/mol. The summed E-state index contributed by atoms with van der Waals surface area (Å²) in [4.78, 5) is 21.8. The number of nitrogens with one attached hydrogen (secondary N) is 2. The first-order valence-corrected chi connectivity index (χ1v) is 8.65. The Kier molecular flexibility index (Phi) is 5.86. The number of hydrogen-bond donors (Lipinski definition) is 3. The summed E-state index contributed by atoms with van der Waals surface area (Å²) in [5.74, 6) is -0.742. The maximum absolute atomic E-state index is 12.1. The molecule has 0 atom stereocenters. The molecule has 0 radical (unpaired) electrons. The maximum atomic E-state index is 12.1. The van der Waals surface area contributed by atoms with Crippen molar-refractivity contribution < 1.29 is 22.7 Å². The average Bonchev–Trinajstić information content (AvgIpc) is 2.62. The fraction of sp³-hybridized carbons (Fsp3) is 0. The number of carbonyl (C=O) groups is 1. The lowest BCUT2D eigenvalue weighted by atomic mass is 10.2. The molecule has 2 rings (SSSR count). The summed E-state index contributed by atoms with van der Waals surface area (Å²) in [5, 5.41) is 24.8. The van der Waals surface area contributed by atoms with Crippen molar-refractivity contribution in [3.05, 3.63) is 70.4 Å². The van der Waals surface area contributed by atoms with Crippen LogP contribution < -0.4 is 10.6 Å². The first kappa shape index (κ1) is 19.6. The number of benzene rings is 2. The minimum absolute atomic E-state index is 0.140. The summed E-state index contributed by atoms with van der Waals surface area (Å²) in [5.41, 5.74) is 0.216. The van der Waals surface area contributed by atoms with Crippen molar-refractivity contribution in [2.75, 3.05) is 10.6 Å². The fourth-order valence-electron chi connectivity index (χ4n) is 1.89. The summed E-state index contributed by atoms with van der Waals surface area (Å²) in [6, 6.07) is 11.7. The van der Waals surface area contributed by atoms with E-state index in [1.807, 2.05) is 0 Å². The van der Waals surface area contributed by atoms with Gasteiger partial charge in [0.05, 0.1) is 9.82 Å². The number of anilines is 2. The predicted molar refractivity (Wildman–Crippen MR) is 95.3 cm³/mol. The van der Waals surface area contributed by atoms with Gasteiger partial charge in [-0.1, -0.05) is 0 Å². The van der Waals surface area contributed by atoms with Crippen LogP contribution in [-0.2, 0) is 14.9 Å². The predicted octanol–water partition coefficient (Wildman–Crippen LogP) is 2.30. The van der Waals surface area contributed by atoms with Crippen LogP contribution in [0.5, 0.6) is 0 Å². The number of nitro benzene ring substituents is 1. The van der Waals surface area contributed by atoms with E-state index in [-0.39, 0.29) is 21.8 Å². The van der Waals surface area contributed by atoms with E-state index in [9.17, 15) is 23.3 Å². The summed E-state index contributed by atoms with van der Waals surface area (Å²) in [6.07, 6.45) is 1.11. The van der Waals surface area contributed by atoms with Crippen molar-refractivity contribution in [2.24, 2.45) is 0 Å². The minimum Gasteiger partial charge on any atom is -0.360 e. The smallest absolute Gasteiger partial charge is 0.294 e. The molecular weight excluding hydrogens is 376 g/mol.